The minimum atomic E-state index is -0.553. The van der Waals surface area contributed by atoms with Crippen LogP contribution in [-0.2, 0) is 9.59 Å². The molecule has 0 aliphatic carbocycles. The highest BCUT2D eigenvalue weighted by molar-refractivity contribution is 8.00. The zero-order valence-electron chi connectivity index (χ0n) is 21.1. The Balaban J connectivity index is 1.44. The lowest BCUT2D eigenvalue weighted by Gasteiger charge is -2.12. The Bertz CT molecular complexity index is 1510. The van der Waals surface area contributed by atoms with Gasteiger partial charge in [0.25, 0.3) is 11.8 Å². The van der Waals surface area contributed by atoms with Crippen LogP contribution >= 0.6 is 11.8 Å². The molecule has 0 aliphatic rings. The Morgan fingerprint density at radius 2 is 1.49 bits per heavy atom. The Morgan fingerprint density at radius 3 is 2.21 bits per heavy atom. The van der Waals surface area contributed by atoms with Crippen molar-refractivity contribution in [2.75, 3.05) is 16.4 Å². The van der Waals surface area contributed by atoms with Crippen molar-refractivity contribution in [3.05, 3.63) is 131 Å². The molecule has 4 aromatic rings. The first-order valence-corrected chi connectivity index (χ1v) is 13.1. The van der Waals surface area contributed by atoms with Crippen LogP contribution in [0.25, 0.3) is 6.08 Å². The van der Waals surface area contributed by atoms with Gasteiger partial charge >= 0.3 is 0 Å². The van der Waals surface area contributed by atoms with E-state index in [1.165, 1.54) is 42.1 Å². The number of thioether (sulfide) groups is 1. The average Bonchev–Trinajstić information content (AvgIpc) is 2.93. The van der Waals surface area contributed by atoms with Gasteiger partial charge in [0.2, 0.25) is 5.91 Å². The van der Waals surface area contributed by atoms with E-state index >= 15 is 0 Å². The Kier molecular flexibility index (Phi) is 9.26. The summed E-state index contributed by atoms with van der Waals surface area (Å²) >= 11 is 1.33. The molecule has 0 aromatic heterocycles. The number of hydrogen-bond donors (Lipinski definition) is 3. The van der Waals surface area contributed by atoms with Crippen LogP contribution in [0.3, 0.4) is 0 Å². The topological polar surface area (TPSA) is 87.3 Å². The maximum atomic E-state index is 13.4. The number of carbonyl (C=O) groups is 3. The summed E-state index contributed by atoms with van der Waals surface area (Å²) in [4.78, 5) is 39.2. The molecule has 0 spiro atoms. The van der Waals surface area contributed by atoms with Crippen LogP contribution in [0.15, 0.2) is 114 Å². The highest BCUT2D eigenvalue weighted by Gasteiger charge is 2.15. The van der Waals surface area contributed by atoms with Crippen molar-refractivity contribution < 1.29 is 18.8 Å². The molecule has 0 aliphatic heterocycles. The summed E-state index contributed by atoms with van der Waals surface area (Å²) < 4.78 is 13.4. The first-order valence-electron chi connectivity index (χ1n) is 12.1. The van der Waals surface area contributed by atoms with Gasteiger partial charge in [0.15, 0.2) is 0 Å². The van der Waals surface area contributed by atoms with Gasteiger partial charge in [-0.05, 0) is 78.7 Å². The SMILES string of the molecule is Cc1cccc(NC(=O)CSc2cccc(NC(=O)/C(=C/c3ccc(F)cc3)NC(=O)c3ccccc3)c2)c1. The van der Waals surface area contributed by atoms with Crippen molar-refractivity contribution in [1.82, 2.24) is 5.32 Å². The molecule has 8 heteroatoms. The predicted octanol–water partition coefficient (Wildman–Crippen LogP) is 6.27. The highest BCUT2D eigenvalue weighted by Crippen LogP contribution is 2.23. The van der Waals surface area contributed by atoms with Crippen LogP contribution in [0.2, 0.25) is 0 Å². The number of anilines is 2. The maximum Gasteiger partial charge on any atom is 0.272 e. The molecule has 39 heavy (non-hydrogen) atoms. The minimum Gasteiger partial charge on any atom is -0.325 e. The molecule has 0 saturated carbocycles. The molecule has 196 valence electrons. The van der Waals surface area contributed by atoms with Gasteiger partial charge in [-0.3, -0.25) is 14.4 Å². The molecule has 0 saturated heterocycles. The number of hydrogen-bond acceptors (Lipinski definition) is 4. The highest BCUT2D eigenvalue weighted by atomic mass is 32.2. The second-order valence-corrected chi connectivity index (χ2v) is 9.67. The number of nitrogens with one attached hydrogen (secondary N) is 3. The van der Waals surface area contributed by atoms with Crippen molar-refractivity contribution in [2.45, 2.75) is 11.8 Å². The summed E-state index contributed by atoms with van der Waals surface area (Å²) in [7, 11) is 0. The monoisotopic (exact) mass is 539 g/mol. The Labute approximate surface area is 230 Å². The van der Waals surface area contributed by atoms with Crippen LogP contribution in [-0.4, -0.2) is 23.5 Å². The molecular weight excluding hydrogens is 513 g/mol. The van der Waals surface area contributed by atoms with E-state index in [2.05, 4.69) is 16.0 Å². The number of amides is 3. The number of aryl methyl sites for hydroxylation is 1. The van der Waals surface area contributed by atoms with Gasteiger partial charge in [-0.2, -0.15) is 0 Å². The van der Waals surface area contributed by atoms with Gasteiger partial charge in [0.05, 0.1) is 5.75 Å². The Morgan fingerprint density at radius 1 is 0.795 bits per heavy atom. The van der Waals surface area contributed by atoms with Crippen molar-refractivity contribution >= 4 is 46.9 Å². The van der Waals surface area contributed by atoms with Gasteiger partial charge in [0.1, 0.15) is 11.5 Å². The van der Waals surface area contributed by atoms with Crippen LogP contribution in [0, 0.1) is 12.7 Å². The third kappa shape index (κ3) is 8.41. The largest absolute Gasteiger partial charge is 0.325 e. The molecule has 0 unspecified atom stereocenters. The third-order valence-corrected chi connectivity index (χ3v) is 6.47. The van der Waals surface area contributed by atoms with Crippen LogP contribution in [0.1, 0.15) is 21.5 Å². The van der Waals surface area contributed by atoms with E-state index in [4.69, 9.17) is 0 Å². The van der Waals surface area contributed by atoms with Crippen LogP contribution in [0.4, 0.5) is 15.8 Å². The first-order chi connectivity index (χ1) is 18.9. The van der Waals surface area contributed by atoms with Gasteiger partial charge < -0.3 is 16.0 Å². The first kappa shape index (κ1) is 27.3. The van der Waals surface area contributed by atoms with Crippen molar-refractivity contribution in [3.63, 3.8) is 0 Å². The molecule has 4 aromatic carbocycles. The molecular formula is C31H26FN3O3S. The summed E-state index contributed by atoms with van der Waals surface area (Å²) in [6.07, 6.45) is 1.48. The van der Waals surface area contributed by atoms with E-state index in [9.17, 15) is 18.8 Å². The molecule has 0 bridgehead atoms. The van der Waals surface area contributed by atoms with Crippen molar-refractivity contribution in [2.24, 2.45) is 0 Å². The van der Waals surface area contributed by atoms with Crippen LogP contribution in [0.5, 0.6) is 0 Å². The molecule has 6 nitrogen and oxygen atoms in total. The van der Waals surface area contributed by atoms with Crippen LogP contribution < -0.4 is 16.0 Å². The molecule has 3 N–H and O–H groups in total. The Hall–Kier alpha value is -4.69. The fourth-order valence-corrected chi connectivity index (χ4v) is 4.35. The fourth-order valence-electron chi connectivity index (χ4n) is 3.60. The standard InChI is InChI=1S/C31H26FN3O3S/c1-21-7-5-10-25(17-21)33-29(36)20-39-27-12-6-11-26(19-27)34-31(38)28(18-22-13-15-24(32)16-14-22)35-30(37)23-8-3-2-4-9-23/h2-19H,20H2,1H3,(H,33,36)(H,34,38)(H,35,37)/b28-18-. The van der Waals surface area contributed by atoms with E-state index in [-0.39, 0.29) is 17.4 Å². The lowest BCUT2D eigenvalue weighted by Crippen LogP contribution is -2.30. The lowest BCUT2D eigenvalue weighted by atomic mass is 10.1. The third-order valence-electron chi connectivity index (χ3n) is 5.47. The predicted molar refractivity (Wildman–Crippen MR) is 154 cm³/mol. The van der Waals surface area contributed by atoms with Crippen molar-refractivity contribution in [1.29, 1.82) is 0 Å². The zero-order valence-corrected chi connectivity index (χ0v) is 21.9. The lowest BCUT2D eigenvalue weighted by molar-refractivity contribution is -0.114. The van der Waals surface area contributed by atoms with Crippen molar-refractivity contribution in [3.8, 4) is 0 Å². The normalized spacial score (nSPS) is 11.0. The second kappa shape index (κ2) is 13.2. The summed E-state index contributed by atoms with van der Waals surface area (Å²) in [6.45, 7) is 1.96. The smallest absolute Gasteiger partial charge is 0.272 e. The summed E-state index contributed by atoms with van der Waals surface area (Å²) in [5.41, 5.74) is 3.20. The number of carbonyl (C=O) groups excluding carboxylic acids is 3. The van der Waals surface area contributed by atoms with E-state index in [0.29, 0.717) is 16.8 Å². The quantitative estimate of drug-likeness (QED) is 0.173. The zero-order chi connectivity index (χ0) is 27.6. The molecule has 4 rings (SSSR count). The second-order valence-electron chi connectivity index (χ2n) is 8.62. The van der Waals surface area contributed by atoms with E-state index in [1.54, 1.807) is 48.5 Å². The number of halogens is 1. The maximum absolute atomic E-state index is 13.4. The van der Waals surface area contributed by atoms with Gasteiger partial charge in [-0.1, -0.05) is 48.5 Å². The van der Waals surface area contributed by atoms with E-state index in [1.807, 2.05) is 37.3 Å². The van der Waals surface area contributed by atoms with Gasteiger partial charge in [-0.25, -0.2) is 4.39 Å². The van der Waals surface area contributed by atoms with E-state index in [0.717, 1.165) is 16.1 Å². The fraction of sp³-hybridized carbons (Fsp3) is 0.0645. The summed E-state index contributed by atoms with van der Waals surface area (Å²) in [5.74, 6) is -1.37. The number of rotatable bonds is 9. The average molecular weight is 540 g/mol. The summed E-state index contributed by atoms with van der Waals surface area (Å²) in [5, 5.41) is 8.32. The minimum absolute atomic E-state index is 0.00829. The molecule has 0 atom stereocenters. The summed E-state index contributed by atoms with van der Waals surface area (Å²) in [6, 6.07) is 28.7. The molecule has 0 radical (unpaired) electrons. The molecule has 3 amide bonds. The number of benzene rings is 4. The van der Waals surface area contributed by atoms with Gasteiger partial charge in [-0.15, -0.1) is 11.8 Å². The van der Waals surface area contributed by atoms with E-state index < -0.39 is 17.6 Å². The molecule has 0 fully saturated rings. The molecule has 0 heterocycles. The van der Waals surface area contributed by atoms with Gasteiger partial charge in [0, 0.05) is 21.8 Å².